The highest BCUT2D eigenvalue weighted by Crippen LogP contribution is 2.34. The van der Waals surface area contributed by atoms with Crippen molar-refractivity contribution in [2.45, 2.75) is 44.7 Å². The van der Waals surface area contributed by atoms with Crippen molar-refractivity contribution in [3.63, 3.8) is 0 Å². The van der Waals surface area contributed by atoms with Crippen molar-refractivity contribution in [1.82, 2.24) is 15.1 Å². The summed E-state index contributed by atoms with van der Waals surface area (Å²) in [4.78, 5) is 40.7. The predicted molar refractivity (Wildman–Crippen MR) is 139 cm³/mol. The van der Waals surface area contributed by atoms with Crippen LogP contribution < -0.4 is 14.8 Å². The number of ether oxygens (including phenoxy) is 2. The van der Waals surface area contributed by atoms with Crippen LogP contribution in [0.4, 0.5) is 4.39 Å². The number of halogens is 1. The third kappa shape index (κ3) is 5.35. The van der Waals surface area contributed by atoms with Crippen molar-refractivity contribution in [3.8, 4) is 11.5 Å². The summed E-state index contributed by atoms with van der Waals surface area (Å²) in [5.41, 5.74) is 3.48. The second-order valence-electron chi connectivity index (χ2n) is 10.2. The summed E-state index contributed by atoms with van der Waals surface area (Å²) in [5, 5.41) is 2.33. The molecular formula is C30H28FN3O5. The highest BCUT2D eigenvalue weighted by Gasteiger charge is 2.40. The molecule has 3 aromatic carbocycles. The van der Waals surface area contributed by atoms with Gasteiger partial charge in [-0.2, -0.15) is 0 Å². The van der Waals surface area contributed by atoms with E-state index in [4.69, 9.17) is 9.47 Å². The number of nitrogens with one attached hydrogen (secondary N) is 1. The molecular weight excluding hydrogens is 501 g/mol. The minimum Gasteiger partial charge on any atom is -0.489 e. The zero-order chi connectivity index (χ0) is 26.9. The van der Waals surface area contributed by atoms with Crippen molar-refractivity contribution < 1.29 is 28.2 Å². The zero-order valence-corrected chi connectivity index (χ0v) is 21.3. The molecule has 1 N–H and O–H groups in total. The average molecular weight is 530 g/mol. The number of likely N-dealkylation sites (tertiary alicyclic amines) is 1. The maximum Gasteiger partial charge on any atom is 0.255 e. The van der Waals surface area contributed by atoms with Crippen LogP contribution >= 0.6 is 0 Å². The lowest BCUT2D eigenvalue weighted by Gasteiger charge is -2.39. The van der Waals surface area contributed by atoms with Crippen molar-refractivity contribution in [2.75, 3.05) is 13.1 Å². The summed E-state index contributed by atoms with van der Waals surface area (Å²) >= 11 is 0. The Labute approximate surface area is 225 Å². The molecule has 3 aliphatic rings. The van der Waals surface area contributed by atoms with Gasteiger partial charge in [-0.05, 0) is 53.9 Å². The van der Waals surface area contributed by atoms with Gasteiger partial charge in [0, 0.05) is 37.2 Å². The second-order valence-corrected chi connectivity index (χ2v) is 10.2. The number of imide groups is 1. The molecule has 1 atom stereocenters. The van der Waals surface area contributed by atoms with Gasteiger partial charge in [0.15, 0.2) is 0 Å². The van der Waals surface area contributed by atoms with E-state index in [1.807, 2.05) is 18.2 Å². The van der Waals surface area contributed by atoms with Crippen LogP contribution in [0.3, 0.4) is 0 Å². The van der Waals surface area contributed by atoms with Gasteiger partial charge in [-0.15, -0.1) is 0 Å². The molecule has 8 nitrogen and oxygen atoms in total. The van der Waals surface area contributed by atoms with Gasteiger partial charge in [0.25, 0.3) is 5.91 Å². The third-order valence-corrected chi connectivity index (χ3v) is 7.40. The lowest BCUT2D eigenvalue weighted by Crippen LogP contribution is -2.53. The first kappa shape index (κ1) is 25.1. The molecule has 0 aromatic heterocycles. The molecule has 0 aliphatic carbocycles. The Kier molecular flexibility index (Phi) is 6.74. The molecule has 200 valence electrons. The van der Waals surface area contributed by atoms with Crippen LogP contribution in [0.15, 0.2) is 66.7 Å². The summed E-state index contributed by atoms with van der Waals surface area (Å²) < 4.78 is 25.0. The van der Waals surface area contributed by atoms with E-state index in [-0.39, 0.29) is 36.7 Å². The van der Waals surface area contributed by atoms with E-state index < -0.39 is 11.9 Å². The van der Waals surface area contributed by atoms with E-state index in [1.165, 1.54) is 22.6 Å². The molecule has 2 fully saturated rings. The molecule has 1 unspecified atom stereocenters. The SMILES string of the molecule is O=C1CCC(N2Cc3c(OCc4ccc(CN5CC(Oc6ccc(F)cc6)C5)cc4)cccc3C2=O)C(=O)N1. The maximum atomic E-state index is 13.0. The number of carbonyl (C=O) groups is 3. The Morgan fingerprint density at radius 1 is 0.923 bits per heavy atom. The van der Waals surface area contributed by atoms with Gasteiger partial charge < -0.3 is 14.4 Å². The number of hydrogen-bond acceptors (Lipinski definition) is 6. The van der Waals surface area contributed by atoms with Crippen molar-refractivity contribution >= 4 is 17.7 Å². The number of rotatable bonds is 8. The molecule has 9 heteroatoms. The van der Waals surface area contributed by atoms with Crippen LogP contribution in [-0.4, -0.2) is 52.8 Å². The number of nitrogens with zero attached hydrogens (tertiary/aromatic N) is 2. The van der Waals surface area contributed by atoms with Crippen LogP contribution in [0, 0.1) is 5.82 Å². The highest BCUT2D eigenvalue weighted by atomic mass is 19.1. The van der Waals surface area contributed by atoms with Crippen LogP contribution in [0.2, 0.25) is 0 Å². The Bertz CT molecular complexity index is 1400. The largest absolute Gasteiger partial charge is 0.489 e. The summed E-state index contributed by atoms with van der Waals surface area (Å²) in [7, 11) is 0. The van der Waals surface area contributed by atoms with Gasteiger partial charge in [0.05, 0.1) is 6.54 Å². The maximum absolute atomic E-state index is 13.0. The summed E-state index contributed by atoms with van der Waals surface area (Å²) in [5.74, 6) is 0.0794. The van der Waals surface area contributed by atoms with Crippen molar-refractivity contribution in [2.24, 2.45) is 0 Å². The molecule has 3 heterocycles. The first-order valence-corrected chi connectivity index (χ1v) is 13.0. The van der Waals surface area contributed by atoms with Gasteiger partial charge >= 0.3 is 0 Å². The first-order chi connectivity index (χ1) is 18.9. The van der Waals surface area contributed by atoms with Crippen molar-refractivity contribution in [1.29, 1.82) is 0 Å². The average Bonchev–Trinajstić information content (AvgIpc) is 3.25. The van der Waals surface area contributed by atoms with Crippen LogP contribution in [0.5, 0.6) is 11.5 Å². The van der Waals surface area contributed by atoms with Gasteiger partial charge in [0.1, 0.15) is 36.1 Å². The van der Waals surface area contributed by atoms with E-state index in [0.29, 0.717) is 30.1 Å². The molecule has 39 heavy (non-hydrogen) atoms. The van der Waals surface area contributed by atoms with Crippen molar-refractivity contribution in [3.05, 3.63) is 94.8 Å². The molecule has 6 rings (SSSR count). The fourth-order valence-electron chi connectivity index (χ4n) is 5.28. The topological polar surface area (TPSA) is 88.2 Å². The molecule has 0 saturated carbocycles. The highest BCUT2D eigenvalue weighted by molar-refractivity contribution is 6.05. The lowest BCUT2D eigenvalue weighted by molar-refractivity contribution is -0.136. The standard InChI is InChI=1S/C30H28FN3O5/c31-21-8-10-22(11-9-21)39-23-15-33(16-23)14-19-4-6-20(7-5-19)18-38-27-3-1-2-24-25(27)17-34(30(24)37)26-12-13-28(35)32-29(26)36/h1-11,23,26H,12-18H2,(H,32,35,36). The van der Waals surface area contributed by atoms with Gasteiger partial charge in [-0.25, -0.2) is 4.39 Å². The van der Waals surface area contributed by atoms with E-state index in [0.717, 1.165) is 30.8 Å². The minimum atomic E-state index is -0.654. The number of carbonyl (C=O) groups excluding carboxylic acids is 3. The fourth-order valence-corrected chi connectivity index (χ4v) is 5.28. The molecule has 3 amide bonds. The van der Waals surface area contributed by atoms with Gasteiger partial charge in [0.2, 0.25) is 11.8 Å². The Balaban J connectivity index is 1.01. The Morgan fingerprint density at radius 3 is 2.41 bits per heavy atom. The molecule has 3 aromatic rings. The fraction of sp³-hybridized carbons (Fsp3) is 0.300. The molecule has 0 bridgehead atoms. The molecule has 0 spiro atoms. The predicted octanol–water partition coefficient (Wildman–Crippen LogP) is 3.43. The zero-order valence-electron chi connectivity index (χ0n) is 21.3. The second kappa shape index (κ2) is 10.5. The summed E-state index contributed by atoms with van der Waals surface area (Å²) in [6.07, 6.45) is 0.651. The number of amides is 3. The lowest BCUT2D eigenvalue weighted by atomic mass is 10.0. The Morgan fingerprint density at radius 2 is 1.67 bits per heavy atom. The van der Waals surface area contributed by atoms with Crippen LogP contribution in [0.25, 0.3) is 0 Å². The van der Waals surface area contributed by atoms with Gasteiger partial charge in [-0.3, -0.25) is 24.6 Å². The quantitative estimate of drug-likeness (QED) is 0.450. The third-order valence-electron chi connectivity index (χ3n) is 7.40. The summed E-state index contributed by atoms with van der Waals surface area (Å²) in [6.45, 7) is 3.07. The van der Waals surface area contributed by atoms with E-state index >= 15 is 0 Å². The minimum absolute atomic E-state index is 0.105. The normalized spacial score (nSPS) is 19.5. The van der Waals surface area contributed by atoms with Gasteiger partial charge in [-0.1, -0.05) is 30.3 Å². The van der Waals surface area contributed by atoms with E-state index in [1.54, 1.807) is 24.3 Å². The summed E-state index contributed by atoms with van der Waals surface area (Å²) in [6, 6.07) is 19.0. The number of benzene rings is 3. The Hall–Kier alpha value is -4.24. The number of hydrogen-bond donors (Lipinski definition) is 1. The van der Waals surface area contributed by atoms with Crippen LogP contribution in [0.1, 0.15) is 39.9 Å². The van der Waals surface area contributed by atoms with E-state index in [9.17, 15) is 18.8 Å². The molecule has 0 radical (unpaired) electrons. The molecule has 2 saturated heterocycles. The monoisotopic (exact) mass is 529 g/mol. The smallest absolute Gasteiger partial charge is 0.255 e. The molecule has 3 aliphatic heterocycles. The van der Waals surface area contributed by atoms with E-state index in [2.05, 4.69) is 22.3 Å². The number of fused-ring (bicyclic) bond motifs is 1. The number of piperidine rings is 1. The van der Waals surface area contributed by atoms with Crippen LogP contribution in [-0.2, 0) is 29.3 Å². The first-order valence-electron chi connectivity index (χ1n) is 13.0.